The number of hydrogen-bond donors (Lipinski definition) is 0. The van der Waals surface area contributed by atoms with Crippen molar-refractivity contribution in [2.75, 3.05) is 24.3 Å². The number of pyridine rings is 1. The zero-order valence-electron chi connectivity index (χ0n) is 20.6. The largest absolute Gasteiger partial charge is 0.493 e. The highest BCUT2D eigenvalue weighted by molar-refractivity contribution is 7.90. The molecule has 7 rings (SSSR count). The molecular formula is C28H24N4O5S. The summed E-state index contributed by atoms with van der Waals surface area (Å²) in [5, 5.41) is 4.52. The zero-order chi connectivity index (χ0) is 26.2. The second kappa shape index (κ2) is 7.91. The molecule has 38 heavy (non-hydrogen) atoms. The number of sulfone groups is 1. The van der Waals surface area contributed by atoms with E-state index in [4.69, 9.17) is 4.74 Å². The van der Waals surface area contributed by atoms with Crippen molar-refractivity contribution in [2.24, 2.45) is 0 Å². The normalized spacial score (nSPS) is 17.3. The molecule has 1 fully saturated rings. The van der Waals surface area contributed by atoms with Gasteiger partial charge in [0.1, 0.15) is 11.4 Å². The summed E-state index contributed by atoms with van der Waals surface area (Å²) in [6.45, 7) is 0.960. The zero-order valence-corrected chi connectivity index (χ0v) is 21.4. The minimum absolute atomic E-state index is 0.0199. The van der Waals surface area contributed by atoms with Crippen molar-refractivity contribution in [1.82, 2.24) is 14.3 Å². The standard InChI is InChI=1S/C28H24N4O5S/c1-38(35,36)26-24-25(32(29-26)21-9-10-22-18(16-21)11-15-37-22)27(34)31(17-28(24)12-13-28)20-7-5-19(6-8-20)30-14-3-2-4-23(30)33/h2-10,14,16H,11-13,15,17H2,1H3. The van der Waals surface area contributed by atoms with Gasteiger partial charge in [0.2, 0.25) is 0 Å². The summed E-state index contributed by atoms with van der Waals surface area (Å²) >= 11 is 0. The fraction of sp³-hybridized carbons (Fsp3) is 0.250. The summed E-state index contributed by atoms with van der Waals surface area (Å²) in [6, 6.07) is 17.8. The van der Waals surface area contributed by atoms with Gasteiger partial charge in [0, 0.05) is 53.8 Å². The number of amides is 1. The van der Waals surface area contributed by atoms with Crippen LogP contribution >= 0.6 is 0 Å². The first-order valence-corrected chi connectivity index (χ1v) is 14.3. The Balaban J connectivity index is 1.36. The average Bonchev–Trinajstić information content (AvgIpc) is 3.31. The molecule has 3 aliphatic rings. The lowest BCUT2D eigenvalue weighted by Gasteiger charge is -2.33. The fourth-order valence-electron chi connectivity index (χ4n) is 5.61. The van der Waals surface area contributed by atoms with Gasteiger partial charge in [0.25, 0.3) is 11.5 Å². The molecule has 1 amide bonds. The summed E-state index contributed by atoms with van der Waals surface area (Å²) in [4.78, 5) is 28.0. The highest BCUT2D eigenvalue weighted by atomic mass is 32.2. The van der Waals surface area contributed by atoms with Crippen LogP contribution in [0.4, 0.5) is 5.69 Å². The van der Waals surface area contributed by atoms with Crippen LogP contribution in [0.2, 0.25) is 0 Å². The molecule has 1 saturated carbocycles. The van der Waals surface area contributed by atoms with E-state index in [0.717, 1.165) is 36.8 Å². The van der Waals surface area contributed by atoms with Gasteiger partial charge in [0.15, 0.2) is 14.9 Å². The van der Waals surface area contributed by atoms with Gasteiger partial charge in [-0.3, -0.25) is 14.2 Å². The van der Waals surface area contributed by atoms with Crippen LogP contribution in [0.25, 0.3) is 11.4 Å². The number of fused-ring (bicyclic) bond motifs is 3. The number of benzene rings is 2. The molecule has 9 nitrogen and oxygen atoms in total. The van der Waals surface area contributed by atoms with Crippen molar-refractivity contribution in [3.8, 4) is 17.1 Å². The van der Waals surface area contributed by atoms with Crippen LogP contribution in [0.1, 0.15) is 34.5 Å². The van der Waals surface area contributed by atoms with E-state index in [9.17, 15) is 18.0 Å². The van der Waals surface area contributed by atoms with Crippen molar-refractivity contribution < 1.29 is 17.9 Å². The molecule has 2 aromatic heterocycles. The molecule has 1 spiro atoms. The number of carbonyl (C=O) groups excluding carboxylic acids is 1. The minimum atomic E-state index is -3.68. The lowest BCUT2D eigenvalue weighted by molar-refractivity contribution is 0.0966. The smallest absolute Gasteiger partial charge is 0.277 e. The van der Waals surface area contributed by atoms with Crippen LogP contribution in [-0.4, -0.2) is 48.1 Å². The van der Waals surface area contributed by atoms with Gasteiger partial charge >= 0.3 is 0 Å². The monoisotopic (exact) mass is 528 g/mol. The molecular weight excluding hydrogens is 504 g/mol. The Kier molecular flexibility index (Phi) is 4.78. The van der Waals surface area contributed by atoms with Crippen LogP contribution < -0.4 is 15.2 Å². The molecule has 0 N–H and O–H groups in total. The third-order valence-corrected chi connectivity index (χ3v) is 8.66. The van der Waals surface area contributed by atoms with E-state index in [1.54, 1.807) is 35.4 Å². The minimum Gasteiger partial charge on any atom is -0.493 e. The van der Waals surface area contributed by atoms with E-state index >= 15 is 0 Å². The van der Waals surface area contributed by atoms with Crippen molar-refractivity contribution in [3.63, 3.8) is 0 Å². The van der Waals surface area contributed by atoms with Gasteiger partial charge in [-0.1, -0.05) is 6.07 Å². The quantitative estimate of drug-likeness (QED) is 0.403. The third-order valence-electron chi connectivity index (χ3n) is 7.68. The molecule has 0 atom stereocenters. The van der Waals surface area contributed by atoms with E-state index in [2.05, 4.69) is 5.10 Å². The SMILES string of the molecule is CS(=O)(=O)c1nn(-c2ccc3c(c2)CCO3)c2c1C1(CC1)CN(c1ccc(-n3ccccc3=O)cc1)C2=O. The molecule has 0 bridgehead atoms. The maximum Gasteiger partial charge on any atom is 0.277 e. The number of anilines is 1. The lowest BCUT2D eigenvalue weighted by Crippen LogP contribution is -2.44. The van der Waals surface area contributed by atoms with Crippen LogP contribution in [0.15, 0.2) is 76.7 Å². The van der Waals surface area contributed by atoms with Gasteiger partial charge < -0.3 is 9.64 Å². The molecule has 2 aromatic carbocycles. The highest BCUT2D eigenvalue weighted by Crippen LogP contribution is 2.55. The Labute approximate surface area is 218 Å². The number of ether oxygens (including phenoxy) is 1. The van der Waals surface area contributed by atoms with Crippen LogP contribution in [0, 0.1) is 0 Å². The predicted molar refractivity (Wildman–Crippen MR) is 141 cm³/mol. The second-order valence-electron chi connectivity index (χ2n) is 10.2. The van der Waals surface area contributed by atoms with Gasteiger partial charge in [-0.2, -0.15) is 5.10 Å². The molecule has 0 unspecified atom stereocenters. The van der Waals surface area contributed by atoms with Gasteiger partial charge in [-0.25, -0.2) is 13.1 Å². The average molecular weight is 529 g/mol. The van der Waals surface area contributed by atoms with E-state index in [-0.39, 0.29) is 22.2 Å². The van der Waals surface area contributed by atoms with E-state index in [0.29, 0.717) is 35.8 Å². The first kappa shape index (κ1) is 23.0. The van der Waals surface area contributed by atoms with Crippen molar-refractivity contribution in [1.29, 1.82) is 0 Å². The molecule has 192 valence electrons. The van der Waals surface area contributed by atoms with Gasteiger partial charge in [-0.05, 0) is 66.9 Å². The molecule has 0 saturated heterocycles. The van der Waals surface area contributed by atoms with E-state index in [1.807, 2.05) is 30.3 Å². The Morgan fingerprint density at radius 1 is 0.947 bits per heavy atom. The number of carbonyl (C=O) groups is 1. The summed E-state index contributed by atoms with van der Waals surface area (Å²) in [5.41, 5.74) is 3.21. The lowest BCUT2D eigenvalue weighted by atomic mass is 9.90. The number of nitrogens with zero attached hydrogens (tertiary/aromatic N) is 4. The maximum atomic E-state index is 14.1. The first-order valence-electron chi connectivity index (χ1n) is 12.4. The second-order valence-corrected chi connectivity index (χ2v) is 12.1. The summed E-state index contributed by atoms with van der Waals surface area (Å²) in [7, 11) is -3.68. The molecule has 10 heteroatoms. The van der Waals surface area contributed by atoms with Crippen molar-refractivity contribution in [2.45, 2.75) is 29.7 Å². The van der Waals surface area contributed by atoms with E-state index in [1.165, 1.54) is 15.3 Å². The Bertz CT molecular complexity index is 1800. The summed E-state index contributed by atoms with van der Waals surface area (Å²) < 4.78 is 34.4. The number of aromatic nitrogens is 3. The summed E-state index contributed by atoms with van der Waals surface area (Å²) in [6.07, 6.45) is 5.13. The fourth-order valence-corrected chi connectivity index (χ4v) is 6.52. The molecule has 1 aliphatic carbocycles. The maximum absolute atomic E-state index is 14.1. The Morgan fingerprint density at radius 3 is 2.39 bits per heavy atom. The van der Waals surface area contributed by atoms with E-state index < -0.39 is 15.3 Å². The third kappa shape index (κ3) is 3.43. The molecule has 2 aliphatic heterocycles. The summed E-state index contributed by atoms with van der Waals surface area (Å²) in [5.74, 6) is 0.489. The first-order chi connectivity index (χ1) is 18.2. The number of rotatable bonds is 4. The molecule has 4 heterocycles. The van der Waals surface area contributed by atoms with Crippen molar-refractivity contribution >= 4 is 21.4 Å². The predicted octanol–water partition coefficient (Wildman–Crippen LogP) is 3.05. The topological polar surface area (TPSA) is 103 Å². The molecule has 0 radical (unpaired) electrons. The number of hydrogen-bond acceptors (Lipinski definition) is 6. The molecule has 4 aromatic rings. The highest BCUT2D eigenvalue weighted by Gasteiger charge is 2.56. The van der Waals surface area contributed by atoms with Gasteiger partial charge in [0.05, 0.1) is 12.3 Å². The van der Waals surface area contributed by atoms with Gasteiger partial charge in [-0.15, -0.1) is 0 Å². The Hall–Kier alpha value is -4.18. The van der Waals surface area contributed by atoms with Crippen molar-refractivity contribution in [3.05, 3.63) is 94.0 Å². The van der Waals surface area contributed by atoms with Crippen LogP contribution in [0.5, 0.6) is 5.75 Å². The van der Waals surface area contributed by atoms with Crippen LogP contribution in [-0.2, 0) is 21.7 Å². The Morgan fingerprint density at radius 2 is 1.68 bits per heavy atom. The van der Waals surface area contributed by atoms with Crippen LogP contribution in [0.3, 0.4) is 0 Å².